The van der Waals surface area contributed by atoms with Gasteiger partial charge in [0.25, 0.3) is 0 Å². The quantitative estimate of drug-likeness (QED) is 0.837. The van der Waals surface area contributed by atoms with E-state index in [0.717, 1.165) is 25.7 Å². The van der Waals surface area contributed by atoms with Gasteiger partial charge < -0.3 is 10.2 Å². The molecule has 2 amide bonds. The first-order valence-corrected chi connectivity index (χ1v) is 10.8. The minimum absolute atomic E-state index is 0.0957. The number of benzene rings is 2. The van der Waals surface area contributed by atoms with Gasteiger partial charge in [0.1, 0.15) is 0 Å². The summed E-state index contributed by atoms with van der Waals surface area (Å²) in [5.74, 6) is 0.622. The van der Waals surface area contributed by atoms with Crippen LogP contribution in [0.5, 0.6) is 0 Å². The largest absolute Gasteiger partial charge is 0.359 e. The topological polar surface area (TPSA) is 49.4 Å². The Kier molecular flexibility index (Phi) is 5.70. The van der Waals surface area contributed by atoms with E-state index < -0.39 is 5.41 Å². The predicted molar refractivity (Wildman–Crippen MR) is 115 cm³/mol. The molecule has 0 unspecified atom stereocenters. The normalized spacial score (nSPS) is 18.7. The number of carbonyl (C=O) groups is 2. The van der Waals surface area contributed by atoms with Crippen molar-refractivity contribution in [1.29, 1.82) is 0 Å². The fourth-order valence-corrected chi connectivity index (χ4v) is 4.70. The highest BCUT2D eigenvalue weighted by Crippen LogP contribution is 2.38. The molecule has 29 heavy (non-hydrogen) atoms. The van der Waals surface area contributed by atoms with Crippen molar-refractivity contribution >= 4 is 11.8 Å². The van der Waals surface area contributed by atoms with Crippen molar-refractivity contribution < 1.29 is 9.59 Å². The number of likely N-dealkylation sites (tertiary alicyclic amines) is 1. The standard InChI is InChI=1S/C25H30N2O2/c1-26-24(29)25(13-15-27(16-14-25)23(28)21-10-6-11-21)18-19-7-5-12-22(17-19)20-8-3-2-4-9-20/h2-5,7-9,12,17,21H,6,10-11,13-16,18H2,1H3,(H,26,29). The zero-order chi connectivity index (χ0) is 20.3. The number of rotatable bonds is 5. The number of nitrogens with zero attached hydrogens (tertiary/aromatic N) is 1. The van der Waals surface area contributed by atoms with Crippen molar-refractivity contribution in [2.75, 3.05) is 20.1 Å². The van der Waals surface area contributed by atoms with Crippen LogP contribution in [0, 0.1) is 11.3 Å². The van der Waals surface area contributed by atoms with Crippen LogP contribution >= 0.6 is 0 Å². The first-order chi connectivity index (χ1) is 14.1. The molecule has 0 spiro atoms. The molecule has 4 rings (SSSR count). The molecular weight excluding hydrogens is 360 g/mol. The van der Waals surface area contributed by atoms with Gasteiger partial charge in [0.05, 0.1) is 5.41 Å². The maximum absolute atomic E-state index is 12.9. The zero-order valence-electron chi connectivity index (χ0n) is 17.2. The van der Waals surface area contributed by atoms with Crippen LogP contribution in [0.1, 0.15) is 37.7 Å². The first kappa shape index (κ1) is 19.7. The zero-order valence-corrected chi connectivity index (χ0v) is 17.2. The van der Waals surface area contributed by atoms with Crippen molar-refractivity contribution in [1.82, 2.24) is 10.2 Å². The molecule has 4 nitrogen and oxygen atoms in total. The maximum Gasteiger partial charge on any atom is 0.226 e. The lowest BCUT2D eigenvalue weighted by Gasteiger charge is -2.42. The van der Waals surface area contributed by atoms with Crippen LogP contribution in [-0.2, 0) is 16.0 Å². The van der Waals surface area contributed by atoms with Gasteiger partial charge >= 0.3 is 0 Å². The number of hydrogen-bond donors (Lipinski definition) is 1. The average molecular weight is 391 g/mol. The summed E-state index contributed by atoms with van der Waals surface area (Å²) < 4.78 is 0. The van der Waals surface area contributed by atoms with Gasteiger partial charge in [-0.25, -0.2) is 0 Å². The number of piperidine rings is 1. The van der Waals surface area contributed by atoms with E-state index in [9.17, 15) is 9.59 Å². The van der Waals surface area contributed by atoms with Gasteiger partial charge in [0.15, 0.2) is 0 Å². The number of nitrogens with one attached hydrogen (secondary N) is 1. The van der Waals surface area contributed by atoms with E-state index in [2.05, 4.69) is 41.7 Å². The van der Waals surface area contributed by atoms with Crippen LogP contribution in [-0.4, -0.2) is 36.9 Å². The van der Waals surface area contributed by atoms with Crippen LogP contribution in [0.2, 0.25) is 0 Å². The second-order valence-electron chi connectivity index (χ2n) is 8.56. The molecule has 4 heteroatoms. The molecule has 1 saturated carbocycles. The molecule has 1 aliphatic heterocycles. The molecule has 2 aromatic carbocycles. The molecule has 2 fully saturated rings. The van der Waals surface area contributed by atoms with E-state index in [1.165, 1.54) is 23.1 Å². The Hall–Kier alpha value is -2.62. The minimum Gasteiger partial charge on any atom is -0.359 e. The van der Waals surface area contributed by atoms with E-state index in [-0.39, 0.29) is 11.8 Å². The Labute approximate surface area is 173 Å². The molecule has 0 atom stereocenters. The molecule has 0 bridgehead atoms. The maximum atomic E-state index is 12.9. The number of carbonyl (C=O) groups excluding carboxylic acids is 2. The van der Waals surface area contributed by atoms with Gasteiger partial charge in [-0.1, -0.05) is 61.0 Å². The Morgan fingerprint density at radius 1 is 1.00 bits per heavy atom. The molecule has 1 saturated heterocycles. The average Bonchev–Trinajstić information content (AvgIpc) is 2.73. The van der Waals surface area contributed by atoms with Crippen LogP contribution in [0.4, 0.5) is 0 Å². The van der Waals surface area contributed by atoms with E-state index in [1.54, 1.807) is 7.05 Å². The third-order valence-corrected chi connectivity index (χ3v) is 6.77. The number of amides is 2. The summed E-state index contributed by atoms with van der Waals surface area (Å²) >= 11 is 0. The summed E-state index contributed by atoms with van der Waals surface area (Å²) in [6, 6.07) is 18.8. The molecule has 0 radical (unpaired) electrons. The van der Waals surface area contributed by atoms with E-state index in [4.69, 9.17) is 0 Å². The molecule has 1 N–H and O–H groups in total. The van der Waals surface area contributed by atoms with Crippen molar-refractivity contribution in [3.05, 3.63) is 60.2 Å². The lowest BCUT2D eigenvalue weighted by molar-refractivity contribution is -0.144. The van der Waals surface area contributed by atoms with Crippen LogP contribution in [0.3, 0.4) is 0 Å². The Morgan fingerprint density at radius 3 is 2.31 bits per heavy atom. The highest BCUT2D eigenvalue weighted by Gasteiger charge is 2.43. The summed E-state index contributed by atoms with van der Waals surface area (Å²) in [5, 5.41) is 2.89. The summed E-state index contributed by atoms with van der Waals surface area (Å²) in [6.07, 6.45) is 5.38. The third-order valence-electron chi connectivity index (χ3n) is 6.77. The SMILES string of the molecule is CNC(=O)C1(Cc2cccc(-c3ccccc3)c2)CCN(C(=O)C2CCC2)CC1. The van der Waals surface area contributed by atoms with E-state index in [1.807, 2.05) is 23.1 Å². The highest BCUT2D eigenvalue weighted by molar-refractivity contribution is 5.84. The summed E-state index contributed by atoms with van der Waals surface area (Å²) in [6.45, 7) is 1.36. The second-order valence-corrected chi connectivity index (χ2v) is 8.56. The van der Waals surface area contributed by atoms with Crippen LogP contribution in [0.25, 0.3) is 11.1 Å². The summed E-state index contributed by atoms with van der Waals surface area (Å²) in [4.78, 5) is 27.5. The van der Waals surface area contributed by atoms with Crippen molar-refractivity contribution in [3.63, 3.8) is 0 Å². The van der Waals surface area contributed by atoms with Crippen molar-refractivity contribution in [2.24, 2.45) is 11.3 Å². The smallest absolute Gasteiger partial charge is 0.226 e. The molecule has 1 aliphatic carbocycles. The molecule has 152 valence electrons. The lowest BCUT2D eigenvalue weighted by atomic mass is 9.72. The molecule has 2 aliphatic rings. The van der Waals surface area contributed by atoms with Gasteiger partial charge in [-0.05, 0) is 48.8 Å². The van der Waals surface area contributed by atoms with E-state index in [0.29, 0.717) is 25.4 Å². The minimum atomic E-state index is -0.444. The van der Waals surface area contributed by atoms with Crippen LogP contribution in [0.15, 0.2) is 54.6 Å². The predicted octanol–water partition coefficient (Wildman–Crippen LogP) is 4.05. The molecular formula is C25H30N2O2. The third kappa shape index (κ3) is 4.07. The second kappa shape index (κ2) is 8.40. The first-order valence-electron chi connectivity index (χ1n) is 10.8. The lowest BCUT2D eigenvalue weighted by Crippen LogP contribution is -2.52. The Morgan fingerprint density at radius 2 is 1.69 bits per heavy atom. The van der Waals surface area contributed by atoms with Gasteiger partial charge in [-0.3, -0.25) is 9.59 Å². The van der Waals surface area contributed by atoms with Gasteiger partial charge in [-0.2, -0.15) is 0 Å². The summed E-state index contributed by atoms with van der Waals surface area (Å²) in [5.41, 5.74) is 3.09. The monoisotopic (exact) mass is 390 g/mol. The van der Waals surface area contributed by atoms with Crippen molar-refractivity contribution in [2.45, 2.75) is 38.5 Å². The van der Waals surface area contributed by atoms with Gasteiger partial charge in [0.2, 0.25) is 11.8 Å². The fourth-order valence-electron chi connectivity index (χ4n) is 4.70. The molecule has 1 heterocycles. The fraction of sp³-hybridized carbons (Fsp3) is 0.440. The van der Waals surface area contributed by atoms with Gasteiger partial charge in [-0.15, -0.1) is 0 Å². The Balaban J connectivity index is 1.51. The van der Waals surface area contributed by atoms with Gasteiger partial charge in [0, 0.05) is 26.1 Å². The number of hydrogen-bond acceptors (Lipinski definition) is 2. The van der Waals surface area contributed by atoms with Crippen molar-refractivity contribution in [3.8, 4) is 11.1 Å². The highest BCUT2D eigenvalue weighted by atomic mass is 16.2. The van der Waals surface area contributed by atoms with Crippen LogP contribution < -0.4 is 5.32 Å². The van der Waals surface area contributed by atoms with E-state index >= 15 is 0 Å². The molecule has 0 aromatic heterocycles. The Bertz CT molecular complexity index is 865. The summed E-state index contributed by atoms with van der Waals surface area (Å²) in [7, 11) is 1.72. The molecule has 2 aromatic rings.